The van der Waals surface area contributed by atoms with Crippen LogP contribution in [0.3, 0.4) is 0 Å². The van der Waals surface area contributed by atoms with Crippen molar-refractivity contribution in [2.24, 2.45) is 0 Å². The van der Waals surface area contributed by atoms with Gasteiger partial charge in [-0.15, -0.1) is 0 Å². The number of amides is 1. The molecule has 4 aromatic rings. The van der Waals surface area contributed by atoms with E-state index in [0.29, 0.717) is 21.4 Å². The molecule has 0 aliphatic rings. The number of anilines is 1. The van der Waals surface area contributed by atoms with E-state index in [1.807, 2.05) is 37.3 Å². The van der Waals surface area contributed by atoms with Crippen LogP contribution in [0.4, 0.5) is 5.69 Å². The Morgan fingerprint density at radius 3 is 2.63 bits per heavy atom. The van der Waals surface area contributed by atoms with Crippen molar-refractivity contribution < 1.29 is 9.53 Å². The normalized spacial score (nSPS) is 10.9. The largest absolute Gasteiger partial charge is 0.497 e. The number of hydrogen-bond acceptors (Lipinski definition) is 4. The molecule has 0 saturated heterocycles. The molecule has 0 atom stereocenters. The zero-order chi connectivity index (χ0) is 21.3. The lowest BCUT2D eigenvalue weighted by molar-refractivity contribution is -0.116. The highest BCUT2D eigenvalue weighted by molar-refractivity contribution is 6.44. The molecule has 0 bridgehead atoms. The minimum absolute atomic E-state index is 0.00769. The highest BCUT2D eigenvalue weighted by atomic mass is 35.5. The Bertz CT molecular complexity index is 1240. The highest BCUT2D eigenvalue weighted by Gasteiger charge is 2.17. The van der Waals surface area contributed by atoms with Gasteiger partial charge >= 0.3 is 0 Å². The predicted molar refractivity (Wildman–Crippen MR) is 119 cm³/mol. The van der Waals surface area contributed by atoms with Crippen molar-refractivity contribution in [1.82, 2.24) is 14.8 Å². The number of nitrogens with zero attached hydrogens (tertiary/aromatic N) is 3. The lowest BCUT2D eigenvalue weighted by Crippen LogP contribution is -2.20. The summed E-state index contributed by atoms with van der Waals surface area (Å²) in [5.74, 6) is 0.507. The lowest BCUT2D eigenvalue weighted by Gasteiger charge is -2.09. The molecule has 0 radical (unpaired) electrons. The van der Waals surface area contributed by atoms with E-state index in [2.05, 4.69) is 15.4 Å². The van der Waals surface area contributed by atoms with Crippen LogP contribution in [0, 0.1) is 6.92 Å². The summed E-state index contributed by atoms with van der Waals surface area (Å²) in [4.78, 5) is 17.1. The van der Waals surface area contributed by atoms with Gasteiger partial charge in [0.15, 0.2) is 5.65 Å². The number of benzene rings is 2. The molecule has 0 spiro atoms. The van der Waals surface area contributed by atoms with Crippen molar-refractivity contribution in [2.45, 2.75) is 13.5 Å². The summed E-state index contributed by atoms with van der Waals surface area (Å²) >= 11 is 12.2. The fourth-order valence-electron chi connectivity index (χ4n) is 3.33. The number of aryl methyl sites for hydroxylation is 1. The minimum Gasteiger partial charge on any atom is -0.497 e. The van der Waals surface area contributed by atoms with Gasteiger partial charge in [0.25, 0.3) is 0 Å². The maximum Gasteiger partial charge on any atom is 0.246 e. The number of halogens is 2. The van der Waals surface area contributed by atoms with E-state index in [1.165, 1.54) is 0 Å². The van der Waals surface area contributed by atoms with Crippen LogP contribution in [-0.4, -0.2) is 27.8 Å². The van der Waals surface area contributed by atoms with Crippen molar-refractivity contribution in [2.75, 3.05) is 12.4 Å². The molecule has 1 N–H and O–H groups in total. The fraction of sp³-hybridized carbons (Fsp3) is 0.136. The molecule has 2 aromatic heterocycles. The molecule has 6 nitrogen and oxygen atoms in total. The van der Waals surface area contributed by atoms with Crippen molar-refractivity contribution in [3.8, 4) is 16.9 Å². The van der Waals surface area contributed by atoms with E-state index in [-0.39, 0.29) is 12.5 Å². The van der Waals surface area contributed by atoms with Crippen molar-refractivity contribution >= 4 is 45.8 Å². The SMILES string of the molecule is COc1ccc(-c2ccnc3c2c(C)nn3CC(=O)Nc2cccc(Cl)c2Cl)cc1. The van der Waals surface area contributed by atoms with Crippen molar-refractivity contribution in [3.63, 3.8) is 0 Å². The van der Waals surface area contributed by atoms with Crippen LogP contribution in [0.2, 0.25) is 10.0 Å². The Morgan fingerprint density at radius 1 is 1.13 bits per heavy atom. The third-order valence-corrected chi connectivity index (χ3v) is 5.55. The number of hydrogen-bond donors (Lipinski definition) is 1. The molecule has 2 heterocycles. The maximum atomic E-state index is 12.6. The van der Waals surface area contributed by atoms with Gasteiger partial charge in [-0.1, -0.05) is 41.4 Å². The first-order chi connectivity index (χ1) is 14.5. The van der Waals surface area contributed by atoms with Gasteiger partial charge in [0.1, 0.15) is 12.3 Å². The number of aromatic nitrogens is 3. The van der Waals surface area contributed by atoms with Gasteiger partial charge in [-0.25, -0.2) is 9.67 Å². The summed E-state index contributed by atoms with van der Waals surface area (Å²) in [6, 6.07) is 14.8. The van der Waals surface area contributed by atoms with Gasteiger partial charge < -0.3 is 10.1 Å². The van der Waals surface area contributed by atoms with E-state index in [4.69, 9.17) is 27.9 Å². The average Bonchev–Trinajstić information content (AvgIpc) is 3.07. The number of ether oxygens (including phenoxy) is 1. The summed E-state index contributed by atoms with van der Waals surface area (Å²) in [5, 5.41) is 8.89. The standard InChI is InChI=1S/C22H18Cl2N4O2/c1-13-20-16(14-6-8-15(30-2)9-7-14)10-11-25-22(20)28(27-13)12-19(29)26-18-5-3-4-17(23)21(18)24/h3-11H,12H2,1-2H3,(H,26,29). The Morgan fingerprint density at radius 2 is 1.90 bits per heavy atom. The maximum absolute atomic E-state index is 12.6. The molecule has 0 saturated carbocycles. The van der Waals surface area contributed by atoms with E-state index in [1.54, 1.807) is 36.2 Å². The summed E-state index contributed by atoms with van der Waals surface area (Å²) in [6.45, 7) is 1.89. The number of fused-ring (bicyclic) bond motifs is 1. The van der Waals surface area contributed by atoms with E-state index in [9.17, 15) is 4.79 Å². The summed E-state index contributed by atoms with van der Waals surface area (Å²) in [5.41, 5.74) is 3.88. The third-order valence-electron chi connectivity index (χ3n) is 4.73. The molecule has 0 aliphatic carbocycles. The molecular formula is C22H18Cl2N4O2. The number of methoxy groups -OCH3 is 1. The first kappa shape index (κ1) is 20.2. The summed E-state index contributed by atoms with van der Waals surface area (Å²) < 4.78 is 6.83. The Kier molecular flexibility index (Phi) is 5.61. The van der Waals surface area contributed by atoms with Gasteiger partial charge in [-0.2, -0.15) is 5.10 Å². The van der Waals surface area contributed by atoms with Crippen LogP contribution in [0.5, 0.6) is 5.75 Å². The molecule has 2 aromatic carbocycles. The Hall–Kier alpha value is -3.09. The lowest BCUT2D eigenvalue weighted by atomic mass is 10.0. The first-order valence-corrected chi connectivity index (χ1v) is 9.94. The van der Waals surface area contributed by atoms with Crippen molar-refractivity contribution in [1.29, 1.82) is 0 Å². The number of pyridine rings is 1. The smallest absolute Gasteiger partial charge is 0.246 e. The van der Waals surface area contributed by atoms with E-state index < -0.39 is 0 Å². The van der Waals surface area contributed by atoms with Gasteiger partial charge in [-0.05, 0) is 48.4 Å². The quantitative estimate of drug-likeness (QED) is 0.453. The number of carbonyl (C=O) groups excluding carboxylic acids is 1. The zero-order valence-corrected chi connectivity index (χ0v) is 17.8. The molecule has 0 aliphatic heterocycles. The highest BCUT2D eigenvalue weighted by Crippen LogP contribution is 2.32. The first-order valence-electron chi connectivity index (χ1n) is 9.18. The number of rotatable bonds is 5. The Balaban J connectivity index is 1.66. The number of nitrogens with one attached hydrogen (secondary N) is 1. The number of carbonyl (C=O) groups is 1. The average molecular weight is 441 g/mol. The van der Waals surface area contributed by atoms with Crippen LogP contribution in [0.15, 0.2) is 54.7 Å². The molecule has 4 rings (SSSR count). The summed E-state index contributed by atoms with van der Waals surface area (Å²) in [7, 11) is 1.63. The van der Waals surface area contributed by atoms with Gasteiger partial charge in [0, 0.05) is 11.6 Å². The molecule has 30 heavy (non-hydrogen) atoms. The topological polar surface area (TPSA) is 69.0 Å². The van der Waals surface area contributed by atoms with Crippen LogP contribution in [0.25, 0.3) is 22.2 Å². The molecule has 0 unspecified atom stereocenters. The minimum atomic E-state index is -0.278. The van der Waals surface area contributed by atoms with Crippen LogP contribution in [0.1, 0.15) is 5.69 Å². The second-order valence-electron chi connectivity index (χ2n) is 6.68. The predicted octanol–water partition coefficient (Wildman–Crippen LogP) is 5.36. The van der Waals surface area contributed by atoms with Crippen LogP contribution >= 0.6 is 23.2 Å². The van der Waals surface area contributed by atoms with E-state index >= 15 is 0 Å². The monoisotopic (exact) mass is 440 g/mol. The molecule has 8 heteroatoms. The van der Waals surface area contributed by atoms with Gasteiger partial charge in [0.2, 0.25) is 5.91 Å². The van der Waals surface area contributed by atoms with Gasteiger partial charge in [-0.3, -0.25) is 4.79 Å². The molecule has 0 fully saturated rings. The molecule has 1 amide bonds. The van der Waals surface area contributed by atoms with Crippen LogP contribution < -0.4 is 10.1 Å². The Labute approximate surface area is 183 Å². The second kappa shape index (κ2) is 8.34. The fourth-order valence-corrected chi connectivity index (χ4v) is 3.68. The van der Waals surface area contributed by atoms with E-state index in [0.717, 1.165) is 28.0 Å². The zero-order valence-electron chi connectivity index (χ0n) is 16.3. The molecular weight excluding hydrogens is 423 g/mol. The molecule has 152 valence electrons. The van der Waals surface area contributed by atoms with Crippen molar-refractivity contribution in [3.05, 3.63) is 70.5 Å². The van der Waals surface area contributed by atoms with Gasteiger partial charge in [0.05, 0.1) is 28.5 Å². The second-order valence-corrected chi connectivity index (χ2v) is 7.46. The summed E-state index contributed by atoms with van der Waals surface area (Å²) in [6.07, 6.45) is 1.71. The van der Waals surface area contributed by atoms with Crippen LogP contribution in [-0.2, 0) is 11.3 Å². The third kappa shape index (κ3) is 3.84.